The molecule has 34 heavy (non-hydrogen) atoms. The molecule has 1 amide bonds. The van der Waals surface area contributed by atoms with Gasteiger partial charge in [0.15, 0.2) is 5.82 Å². The van der Waals surface area contributed by atoms with Gasteiger partial charge in [0.2, 0.25) is 11.9 Å². The Balaban J connectivity index is 1.47. The first-order chi connectivity index (χ1) is 16.4. The molecule has 0 aliphatic carbocycles. The van der Waals surface area contributed by atoms with Gasteiger partial charge in [0.25, 0.3) is 0 Å². The van der Waals surface area contributed by atoms with Crippen LogP contribution in [0.25, 0.3) is 0 Å². The number of carbonyl (C=O) groups excluding carboxylic acids is 1. The molecule has 172 valence electrons. The predicted octanol–water partition coefficient (Wildman–Crippen LogP) is 5.97. The molecule has 3 heterocycles. The number of aromatic nitrogens is 3. The average molecular weight is 491 g/mol. The number of thiazole rings is 1. The van der Waals surface area contributed by atoms with E-state index in [1.807, 2.05) is 44.2 Å². The minimum Gasteiger partial charge on any atom is -0.339 e. The first kappa shape index (κ1) is 22.3. The van der Waals surface area contributed by atoms with Crippen molar-refractivity contribution in [2.45, 2.75) is 33.1 Å². The average Bonchev–Trinajstić information content (AvgIpc) is 3.12. The summed E-state index contributed by atoms with van der Waals surface area (Å²) < 4.78 is 0. The van der Waals surface area contributed by atoms with E-state index in [0.717, 1.165) is 51.0 Å². The van der Waals surface area contributed by atoms with Gasteiger partial charge in [0.05, 0.1) is 23.3 Å². The van der Waals surface area contributed by atoms with E-state index in [-0.39, 0.29) is 12.3 Å². The molecule has 3 N–H and O–H groups in total. The lowest BCUT2D eigenvalue weighted by molar-refractivity contribution is -0.115. The van der Waals surface area contributed by atoms with Crippen molar-refractivity contribution in [3.63, 3.8) is 0 Å². The van der Waals surface area contributed by atoms with Crippen molar-refractivity contribution in [1.29, 1.82) is 0 Å². The summed E-state index contributed by atoms with van der Waals surface area (Å²) in [6.45, 7) is 3.95. The van der Waals surface area contributed by atoms with Gasteiger partial charge < -0.3 is 16.0 Å². The lowest BCUT2D eigenvalue weighted by Gasteiger charge is -2.14. The number of anilines is 5. The summed E-state index contributed by atoms with van der Waals surface area (Å²) in [4.78, 5) is 27.2. The highest BCUT2D eigenvalue weighted by molar-refractivity contribution is 7.11. The molecular formula is C25H23ClN6OS. The van der Waals surface area contributed by atoms with Crippen molar-refractivity contribution in [2.75, 3.05) is 16.0 Å². The molecule has 5 rings (SSSR count). The summed E-state index contributed by atoms with van der Waals surface area (Å²) in [6.07, 6.45) is 3.38. The molecule has 0 saturated carbocycles. The Hall–Kier alpha value is -3.49. The third kappa shape index (κ3) is 5.03. The third-order valence-corrected chi connectivity index (χ3v) is 6.79. The van der Waals surface area contributed by atoms with Crippen LogP contribution >= 0.6 is 22.9 Å². The molecule has 0 saturated heterocycles. The van der Waals surface area contributed by atoms with Crippen LogP contribution in [0, 0.1) is 13.8 Å². The number of aryl methyl sites for hydroxylation is 4. The van der Waals surface area contributed by atoms with Gasteiger partial charge in [-0.15, -0.1) is 11.3 Å². The Labute approximate surface area is 206 Å². The smallest absolute Gasteiger partial charge is 0.230 e. The molecule has 0 fully saturated rings. The maximum Gasteiger partial charge on any atom is 0.230 e. The van der Waals surface area contributed by atoms with Crippen molar-refractivity contribution >= 4 is 57.7 Å². The molecule has 7 nitrogen and oxygen atoms in total. The number of rotatable bonds is 3. The molecule has 0 radical (unpaired) electrons. The molecule has 0 unspecified atom stereocenters. The van der Waals surface area contributed by atoms with Gasteiger partial charge in [-0.25, -0.2) is 9.97 Å². The normalized spacial score (nSPS) is 12.4. The van der Waals surface area contributed by atoms with Gasteiger partial charge in [-0.05, 0) is 68.1 Å². The van der Waals surface area contributed by atoms with E-state index in [0.29, 0.717) is 16.8 Å². The fourth-order valence-electron chi connectivity index (χ4n) is 3.95. The zero-order valence-corrected chi connectivity index (χ0v) is 20.3. The van der Waals surface area contributed by atoms with Crippen molar-refractivity contribution in [2.24, 2.45) is 0 Å². The van der Waals surface area contributed by atoms with Crippen LogP contribution < -0.4 is 16.0 Å². The van der Waals surface area contributed by atoms with E-state index in [9.17, 15) is 4.79 Å². The van der Waals surface area contributed by atoms with Crippen LogP contribution in [-0.4, -0.2) is 20.9 Å². The SMILES string of the molecule is Cc1nc(CC(=O)Nc2ccc3cc2CCc2cccc(c2)Nc2ncc(Cl)c(n2)N3)c(C)s1. The Bertz CT molecular complexity index is 1390. The number of fused-ring (bicyclic) bond motifs is 6. The second-order valence-electron chi connectivity index (χ2n) is 8.17. The first-order valence-corrected chi connectivity index (χ1v) is 12.1. The zero-order valence-electron chi connectivity index (χ0n) is 18.8. The summed E-state index contributed by atoms with van der Waals surface area (Å²) in [7, 11) is 0. The van der Waals surface area contributed by atoms with Crippen LogP contribution in [0.15, 0.2) is 48.7 Å². The van der Waals surface area contributed by atoms with Gasteiger partial charge in [-0.2, -0.15) is 4.98 Å². The predicted molar refractivity (Wildman–Crippen MR) is 138 cm³/mol. The Morgan fingerprint density at radius 1 is 1.09 bits per heavy atom. The van der Waals surface area contributed by atoms with Crippen LogP contribution in [0.1, 0.15) is 26.7 Å². The zero-order chi connectivity index (χ0) is 23.7. The van der Waals surface area contributed by atoms with Crippen LogP contribution in [-0.2, 0) is 24.1 Å². The molecule has 9 heteroatoms. The highest BCUT2D eigenvalue weighted by Gasteiger charge is 2.15. The fraction of sp³-hybridized carbons (Fsp3) is 0.200. The highest BCUT2D eigenvalue weighted by atomic mass is 35.5. The first-order valence-electron chi connectivity index (χ1n) is 10.9. The maximum atomic E-state index is 12.8. The van der Waals surface area contributed by atoms with Crippen LogP contribution in [0.5, 0.6) is 0 Å². The van der Waals surface area contributed by atoms with E-state index >= 15 is 0 Å². The van der Waals surface area contributed by atoms with Crippen molar-refractivity contribution in [1.82, 2.24) is 15.0 Å². The monoisotopic (exact) mass is 490 g/mol. The minimum absolute atomic E-state index is 0.0806. The molecule has 0 atom stereocenters. The third-order valence-electron chi connectivity index (χ3n) is 5.58. The number of nitrogens with zero attached hydrogens (tertiary/aromatic N) is 3. The lowest BCUT2D eigenvalue weighted by Crippen LogP contribution is -2.16. The largest absolute Gasteiger partial charge is 0.339 e. The van der Waals surface area contributed by atoms with E-state index in [2.05, 4.69) is 43.0 Å². The maximum absolute atomic E-state index is 12.8. The second-order valence-corrected chi connectivity index (χ2v) is 9.99. The number of nitrogens with one attached hydrogen (secondary N) is 3. The molecule has 1 aliphatic heterocycles. The van der Waals surface area contributed by atoms with Crippen LogP contribution in [0.2, 0.25) is 5.02 Å². The Kier molecular flexibility index (Phi) is 6.17. The summed E-state index contributed by atoms with van der Waals surface area (Å²) in [5, 5.41) is 11.0. The van der Waals surface area contributed by atoms with Gasteiger partial charge in [0, 0.05) is 21.9 Å². The number of hydrogen-bond acceptors (Lipinski definition) is 7. The van der Waals surface area contributed by atoms with Crippen LogP contribution in [0.4, 0.5) is 28.8 Å². The standard InChI is InChI=1S/C25H23ClN6OS/c1-14-22(28-15(2)34-14)12-23(33)31-21-9-8-19-11-17(21)7-6-16-4-3-5-18(10-16)30-25-27-13-20(26)24(29-19)32-25/h3-5,8-11,13H,6-7,12H2,1-2H3,(H,31,33)(H2,27,29,30,32). The van der Waals surface area contributed by atoms with Gasteiger partial charge in [0.1, 0.15) is 5.02 Å². The minimum atomic E-state index is -0.0806. The number of hydrogen-bond donors (Lipinski definition) is 3. The molecule has 4 aromatic rings. The quantitative estimate of drug-likeness (QED) is 0.327. The summed E-state index contributed by atoms with van der Waals surface area (Å²) in [6, 6.07) is 14.0. The van der Waals surface area contributed by atoms with Crippen molar-refractivity contribution in [3.05, 3.63) is 80.4 Å². The Morgan fingerprint density at radius 2 is 1.94 bits per heavy atom. The highest BCUT2D eigenvalue weighted by Crippen LogP contribution is 2.29. The molecular weight excluding hydrogens is 468 g/mol. The summed E-state index contributed by atoms with van der Waals surface area (Å²) in [5.74, 6) is 0.884. The Morgan fingerprint density at radius 3 is 2.76 bits per heavy atom. The van der Waals surface area contributed by atoms with E-state index in [1.54, 1.807) is 17.5 Å². The fourth-order valence-corrected chi connectivity index (χ4v) is 4.92. The van der Waals surface area contributed by atoms with Gasteiger partial charge >= 0.3 is 0 Å². The second kappa shape index (κ2) is 9.40. The molecule has 0 spiro atoms. The van der Waals surface area contributed by atoms with Crippen LogP contribution in [0.3, 0.4) is 0 Å². The number of carbonyl (C=O) groups is 1. The number of amides is 1. The number of halogens is 1. The van der Waals surface area contributed by atoms with E-state index in [4.69, 9.17) is 11.6 Å². The number of benzene rings is 2. The summed E-state index contributed by atoms with van der Waals surface area (Å²) >= 11 is 7.96. The van der Waals surface area contributed by atoms with Gasteiger partial charge in [-0.3, -0.25) is 4.79 Å². The van der Waals surface area contributed by atoms with Crippen molar-refractivity contribution in [3.8, 4) is 0 Å². The van der Waals surface area contributed by atoms with Crippen molar-refractivity contribution < 1.29 is 4.79 Å². The molecule has 6 bridgehead atoms. The molecule has 2 aromatic heterocycles. The van der Waals surface area contributed by atoms with E-state index < -0.39 is 0 Å². The van der Waals surface area contributed by atoms with Gasteiger partial charge in [-0.1, -0.05) is 23.7 Å². The summed E-state index contributed by atoms with van der Waals surface area (Å²) in [5.41, 5.74) is 5.54. The lowest BCUT2D eigenvalue weighted by atomic mass is 10.0. The molecule has 2 aromatic carbocycles. The topological polar surface area (TPSA) is 91.8 Å². The van der Waals surface area contributed by atoms with E-state index in [1.165, 1.54) is 5.56 Å². The molecule has 1 aliphatic rings.